The SMILES string of the molecule is CCC(CC)Nc1c(C(N)=O)ccc(C(N)=O)c1C(F)(F)F. The van der Waals surface area contributed by atoms with Gasteiger partial charge in [-0.05, 0) is 25.0 Å². The van der Waals surface area contributed by atoms with Gasteiger partial charge in [-0.1, -0.05) is 13.8 Å². The fourth-order valence-corrected chi connectivity index (χ4v) is 2.15. The molecule has 5 nitrogen and oxygen atoms in total. The van der Waals surface area contributed by atoms with E-state index in [1.54, 1.807) is 13.8 Å². The van der Waals surface area contributed by atoms with Gasteiger partial charge in [0, 0.05) is 6.04 Å². The highest BCUT2D eigenvalue weighted by molar-refractivity contribution is 6.03. The van der Waals surface area contributed by atoms with E-state index in [2.05, 4.69) is 5.32 Å². The lowest BCUT2D eigenvalue weighted by molar-refractivity contribution is -0.137. The molecule has 0 spiro atoms. The van der Waals surface area contributed by atoms with Crippen LogP contribution in [-0.4, -0.2) is 17.9 Å². The van der Waals surface area contributed by atoms with Crippen molar-refractivity contribution in [2.75, 3.05) is 5.32 Å². The summed E-state index contributed by atoms with van der Waals surface area (Å²) in [6.45, 7) is 3.58. The van der Waals surface area contributed by atoms with Crippen LogP contribution in [0.25, 0.3) is 0 Å². The maximum atomic E-state index is 13.4. The van der Waals surface area contributed by atoms with Crippen LogP contribution in [0.2, 0.25) is 0 Å². The predicted octanol–water partition coefficient (Wildman–Crippen LogP) is 2.50. The van der Waals surface area contributed by atoms with Gasteiger partial charge in [0.15, 0.2) is 0 Å². The number of alkyl halides is 3. The van der Waals surface area contributed by atoms with Crippen LogP contribution < -0.4 is 16.8 Å². The van der Waals surface area contributed by atoms with Crippen molar-refractivity contribution in [3.05, 3.63) is 28.8 Å². The molecule has 2 amide bonds. The van der Waals surface area contributed by atoms with Crippen LogP contribution in [-0.2, 0) is 6.18 Å². The van der Waals surface area contributed by atoms with Gasteiger partial charge in [-0.2, -0.15) is 13.2 Å². The van der Waals surface area contributed by atoms with Gasteiger partial charge in [-0.15, -0.1) is 0 Å². The Morgan fingerprint density at radius 3 is 1.91 bits per heavy atom. The Morgan fingerprint density at radius 2 is 1.55 bits per heavy atom. The zero-order valence-electron chi connectivity index (χ0n) is 12.3. The number of rotatable bonds is 6. The molecule has 8 heteroatoms. The molecule has 0 aliphatic carbocycles. The van der Waals surface area contributed by atoms with Gasteiger partial charge in [0.1, 0.15) is 0 Å². The standard InChI is InChI=1S/C14H18F3N3O2/c1-3-7(4-2)20-11-9(13(19)22)6-5-8(12(18)21)10(11)14(15,16)17/h5-7,20H,3-4H2,1-2H3,(H2,18,21)(H2,19,22). The van der Waals surface area contributed by atoms with E-state index in [-0.39, 0.29) is 11.6 Å². The molecular weight excluding hydrogens is 299 g/mol. The number of benzene rings is 1. The second kappa shape index (κ2) is 6.67. The largest absolute Gasteiger partial charge is 0.419 e. The molecule has 1 aromatic rings. The van der Waals surface area contributed by atoms with Crippen molar-refractivity contribution in [3.8, 4) is 0 Å². The summed E-state index contributed by atoms with van der Waals surface area (Å²) in [6.07, 6.45) is -3.79. The summed E-state index contributed by atoms with van der Waals surface area (Å²) in [6, 6.07) is 1.63. The molecule has 0 saturated heterocycles. The fraction of sp³-hybridized carbons (Fsp3) is 0.429. The molecule has 1 aromatic carbocycles. The van der Waals surface area contributed by atoms with E-state index in [9.17, 15) is 22.8 Å². The molecule has 0 bridgehead atoms. The molecule has 0 heterocycles. The molecule has 0 radical (unpaired) electrons. The lowest BCUT2D eigenvalue weighted by atomic mass is 9.97. The Morgan fingerprint density at radius 1 is 1.09 bits per heavy atom. The smallest absolute Gasteiger partial charge is 0.381 e. The van der Waals surface area contributed by atoms with E-state index in [1.807, 2.05) is 0 Å². The molecule has 22 heavy (non-hydrogen) atoms. The summed E-state index contributed by atoms with van der Waals surface area (Å²) in [5.74, 6) is -2.24. The molecule has 0 aromatic heterocycles. The van der Waals surface area contributed by atoms with Gasteiger partial charge < -0.3 is 16.8 Å². The maximum Gasteiger partial charge on any atom is 0.419 e. The summed E-state index contributed by atoms with van der Waals surface area (Å²) in [5.41, 5.74) is 7.38. The first-order valence-corrected chi connectivity index (χ1v) is 6.73. The molecule has 0 unspecified atom stereocenters. The van der Waals surface area contributed by atoms with Crippen molar-refractivity contribution in [2.24, 2.45) is 11.5 Å². The van der Waals surface area contributed by atoms with E-state index in [4.69, 9.17) is 11.5 Å². The second-order valence-corrected chi connectivity index (χ2v) is 4.79. The van der Waals surface area contributed by atoms with E-state index in [1.165, 1.54) is 0 Å². The van der Waals surface area contributed by atoms with E-state index in [0.29, 0.717) is 12.8 Å². The van der Waals surface area contributed by atoms with Gasteiger partial charge in [-0.25, -0.2) is 0 Å². The van der Waals surface area contributed by atoms with Crippen LogP contribution in [0.1, 0.15) is 53.0 Å². The lowest BCUT2D eigenvalue weighted by Gasteiger charge is -2.23. The first-order valence-electron chi connectivity index (χ1n) is 6.73. The zero-order chi connectivity index (χ0) is 17.1. The van der Waals surface area contributed by atoms with Crippen molar-refractivity contribution in [2.45, 2.75) is 38.9 Å². The van der Waals surface area contributed by atoms with E-state index >= 15 is 0 Å². The average molecular weight is 317 g/mol. The maximum absolute atomic E-state index is 13.4. The molecule has 0 saturated carbocycles. The number of nitrogens with two attached hydrogens (primary N) is 2. The van der Waals surface area contributed by atoms with Crippen LogP contribution in [0.3, 0.4) is 0 Å². The number of hydrogen-bond donors (Lipinski definition) is 3. The van der Waals surface area contributed by atoms with Crippen molar-refractivity contribution in [3.63, 3.8) is 0 Å². The Labute approximate surface area is 125 Å². The summed E-state index contributed by atoms with van der Waals surface area (Å²) >= 11 is 0. The van der Waals surface area contributed by atoms with Crippen molar-refractivity contribution >= 4 is 17.5 Å². The van der Waals surface area contributed by atoms with Gasteiger partial charge in [0.05, 0.1) is 22.4 Å². The van der Waals surface area contributed by atoms with Crippen molar-refractivity contribution in [1.29, 1.82) is 0 Å². The number of nitrogens with one attached hydrogen (secondary N) is 1. The molecule has 0 aliphatic rings. The monoisotopic (exact) mass is 317 g/mol. The van der Waals surface area contributed by atoms with Crippen LogP contribution in [0.4, 0.5) is 18.9 Å². The highest BCUT2D eigenvalue weighted by atomic mass is 19.4. The topological polar surface area (TPSA) is 98.2 Å². The number of amides is 2. The van der Waals surface area contributed by atoms with Gasteiger partial charge in [-0.3, -0.25) is 9.59 Å². The van der Waals surface area contributed by atoms with Crippen LogP contribution in [0.15, 0.2) is 12.1 Å². The first kappa shape index (κ1) is 17.8. The Balaban J connectivity index is 3.67. The number of carbonyl (C=O) groups excluding carboxylic acids is 2. The quantitative estimate of drug-likeness (QED) is 0.751. The molecule has 0 aliphatic heterocycles. The van der Waals surface area contributed by atoms with E-state index < -0.39 is 34.8 Å². The summed E-state index contributed by atoms with van der Waals surface area (Å²) in [5, 5.41) is 2.67. The number of carbonyl (C=O) groups is 2. The van der Waals surface area contributed by atoms with Gasteiger partial charge >= 0.3 is 6.18 Å². The summed E-state index contributed by atoms with van der Waals surface area (Å²) < 4.78 is 40.1. The van der Waals surface area contributed by atoms with Crippen LogP contribution >= 0.6 is 0 Å². The highest BCUT2D eigenvalue weighted by Gasteiger charge is 2.39. The predicted molar refractivity (Wildman–Crippen MR) is 76.5 cm³/mol. The van der Waals surface area contributed by atoms with Crippen LogP contribution in [0, 0.1) is 0 Å². The Kier molecular flexibility index (Phi) is 5.40. The molecule has 5 N–H and O–H groups in total. The lowest BCUT2D eigenvalue weighted by Crippen LogP contribution is -2.27. The Hall–Kier alpha value is -2.25. The first-order chi connectivity index (χ1) is 10.1. The number of primary amides is 2. The molecule has 0 atom stereocenters. The number of halogens is 3. The normalized spacial score (nSPS) is 11.5. The van der Waals surface area contributed by atoms with Gasteiger partial charge in [0.2, 0.25) is 5.91 Å². The number of hydrogen-bond acceptors (Lipinski definition) is 3. The van der Waals surface area contributed by atoms with E-state index in [0.717, 1.165) is 12.1 Å². The minimum absolute atomic E-state index is 0.303. The third-order valence-corrected chi connectivity index (χ3v) is 3.35. The third kappa shape index (κ3) is 3.69. The second-order valence-electron chi connectivity index (χ2n) is 4.79. The fourth-order valence-electron chi connectivity index (χ4n) is 2.15. The van der Waals surface area contributed by atoms with Crippen molar-refractivity contribution in [1.82, 2.24) is 0 Å². The minimum Gasteiger partial charge on any atom is -0.381 e. The minimum atomic E-state index is -4.86. The molecular formula is C14H18F3N3O2. The molecule has 122 valence electrons. The summed E-state index contributed by atoms with van der Waals surface area (Å²) in [4.78, 5) is 22.7. The Bertz CT molecular complexity index is 581. The highest BCUT2D eigenvalue weighted by Crippen LogP contribution is 2.39. The van der Waals surface area contributed by atoms with Crippen LogP contribution in [0.5, 0.6) is 0 Å². The summed E-state index contributed by atoms with van der Waals surface area (Å²) in [7, 11) is 0. The third-order valence-electron chi connectivity index (χ3n) is 3.35. The zero-order valence-corrected chi connectivity index (χ0v) is 12.3. The molecule has 0 fully saturated rings. The van der Waals surface area contributed by atoms with Gasteiger partial charge in [0.25, 0.3) is 5.91 Å². The molecule has 1 rings (SSSR count). The number of anilines is 1. The average Bonchev–Trinajstić information content (AvgIpc) is 2.42. The van der Waals surface area contributed by atoms with Crippen molar-refractivity contribution < 1.29 is 22.8 Å².